The van der Waals surface area contributed by atoms with Gasteiger partial charge in [0.05, 0.1) is 12.7 Å². The van der Waals surface area contributed by atoms with Crippen molar-refractivity contribution in [1.82, 2.24) is 0 Å². The third kappa shape index (κ3) is 7.37. The Hall–Kier alpha value is -0.570. The molecule has 17 heavy (non-hydrogen) atoms. The highest BCUT2D eigenvalue weighted by Crippen LogP contribution is 2.20. The summed E-state index contributed by atoms with van der Waals surface area (Å²) >= 11 is 0. The molecule has 0 aromatic heterocycles. The summed E-state index contributed by atoms with van der Waals surface area (Å²) in [7, 11) is 0. The predicted octanol–water partition coefficient (Wildman–Crippen LogP) is 3.46. The number of unbranched alkanes of at least 4 members (excludes halogenated alkanes) is 2. The average Bonchev–Trinajstić information content (AvgIpc) is 2.35. The first-order chi connectivity index (χ1) is 8.33. The highest BCUT2D eigenvalue weighted by molar-refractivity contribution is 5.69. The van der Waals surface area contributed by atoms with E-state index in [1.807, 2.05) is 6.92 Å². The van der Waals surface area contributed by atoms with E-state index in [1.54, 1.807) is 0 Å². The van der Waals surface area contributed by atoms with Crippen LogP contribution in [0.3, 0.4) is 0 Å². The second kappa shape index (κ2) is 9.46. The number of rotatable bonds is 8. The van der Waals surface area contributed by atoms with E-state index in [-0.39, 0.29) is 5.97 Å². The quantitative estimate of drug-likeness (QED) is 0.483. The monoisotopic (exact) mass is 242 g/mol. The largest absolute Gasteiger partial charge is 0.466 e. The van der Waals surface area contributed by atoms with Crippen LogP contribution in [0.15, 0.2) is 0 Å². The lowest BCUT2D eigenvalue weighted by molar-refractivity contribution is -0.143. The van der Waals surface area contributed by atoms with E-state index in [4.69, 9.17) is 9.47 Å². The lowest BCUT2D eigenvalue weighted by Crippen LogP contribution is -2.17. The van der Waals surface area contributed by atoms with E-state index >= 15 is 0 Å². The molecular weight excluding hydrogens is 216 g/mol. The summed E-state index contributed by atoms with van der Waals surface area (Å²) in [4.78, 5) is 11.1. The molecule has 1 rings (SSSR count). The van der Waals surface area contributed by atoms with Crippen molar-refractivity contribution in [2.45, 2.75) is 70.8 Å². The molecule has 0 N–H and O–H groups in total. The highest BCUT2D eigenvalue weighted by Gasteiger charge is 2.12. The summed E-state index contributed by atoms with van der Waals surface area (Å²) < 4.78 is 10.7. The minimum atomic E-state index is -0.0688. The molecule has 3 nitrogen and oxygen atoms in total. The number of esters is 1. The number of hydrogen-bond acceptors (Lipinski definition) is 3. The molecule has 0 heterocycles. The van der Waals surface area contributed by atoms with Gasteiger partial charge in [-0.15, -0.1) is 0 Å². The Bertz CT molecular complexity index is 198. The predicted molar refractivity (Wildman–Crippen MR) is 67.9 cm³/mol. The number of hydrogen-bond donors (Lipinski definition) is 0. The van der Waals surface area contributed by atoms with Crippen LogP contribution in [-0.2, 0) is 14.3 Å². The molecule has 3 heteroatoms. The van der Waals surface area contributed by atoms with E-state index in [2.05, 4.69) is 0 Å². The van der Waals surface area contributed by atoms with Crippen LogP contribution in [0.25, 0.3) is 0 Å². The van der Waals surface area contributed by atoms with Crippen LogP contribution in [-0.4, -0.2) is 25.3 Å². The second-order valence-corrected chi connectivity index (χ2v) is 4.75. The first-order valence-corrected chi connectivity index (χ1v) is 7.10. The van der Waals surface area contributed by atoms with Gasteiger partial charge in [0.2, 0.25) is 0 Å². The first-order valence-electron chi connectivity index (χ1n) is 7.10. The molecule has 1 saturated carbocycles. The van der Waals surface area contributed by atoms with Gasteiger partial charge in [-0.1, -0.05) is 25.7 Å². The van der Waals surface area contributed by atoms with E-state index in [9.17, 15) is 4.79 Å². The van der Waals surface area contributed by atoms with Crippen molar-refractivity contribution in [1.29, 1.82) is 0 Å². The van der Waals surface area contributed by atoms with E-state index < -0.39 is 0 Å². The molecule has 0 spiro atoms. The average molecular weight is 242 g/mol. The fraction of sp³-hybridized carbons (Fsp3) is 0.929. The second-order valence-electron chi connectivity index (χ2n) is 4.75. The zero-order valence-electron chi connectivity index (χ0n) is 11.1. The van der Waals surface area contributed by atoms with Gasteiger partial charge in [0.25, 0.3) is 0 Å². The SMILES string of the molecule is CCOC(=O)CCCCCOC1CCCCC1. The number of carbonyl (C=O) groups is 1. The van der Waals surface area contributed by atoms with Gasteiger partial charge < -0.3 is 9.47 Å². The molecule has 0 aliphatic heterocycles. The molecule has 0 aromatic rings. The van der Waals surface area contributed by atoms with Gasteiger partial charge in [-0.3, -0.25) is 4.79 Å². The van der Waals surface area contributed by atoms with Crippen molar-refractivity contribution < 1.29 is 14.3 Å². The van der Waals surface area contributed by atoms with Crippen molar-refractivity contribution in [2.24, 2.45) is 0 Å². The topological polar surface area (TPSA) is 35.5 Å². The summed E-state index contributed by atoms with van der Waals surface area (Å²) in [5, 5.41) is 0. The maximum Gasteiger partial charge on any atom is 0.305 e. The molecule has 1 fully saturated rings. The molecule has 100 valence electrons. The fourth-order valence-electron chi connectivity index (χ4n) is 2.26. The Kier molecular flexibility index (Phi) is 8.06. The zero-order valence-corrected chi connectivity index (χ0v) is 11.1. The Morgan fingerprint density at radius 2 is 1.88 bits per heavy atom. The lowest BCUT2D eigenvalue weighted by Gasteiger charge is -2.21. The summed E-state index contributed by atoms with van der Waals surface area (Å²) in [5.74, 6) is -0.0688. The lowest BCUT2D eigenvalue weighted by atomic mass is 9.98. The van der Waals surface area contributed by atoms with E-state index in [1.165, 1.54) is 32.1 Å². The van der Waals surface area contributed by atoms with Gasteiger partial charge in [-0.05, 0) is 32.6 Å². The summed E-state index contributed by atoms with van der Waals surface area (Å²) in [6, 6.07) is 0. The third-order valence-electron chi connectivity index (χ3n) is 3.24. The normalized spacial score (nSPS) is 17.0. The van der Waals surface area contributed by atoms with Crippen LogP contribution in [0.5, 0.6) is 0 Å². The molecule has 0 bridgehead atoms. The van der Waals surface area contributed by atoms with Gasteiger partial charge in [0, 0.05) is 13.0 Å². The molecule has 0 atom stereocenters. The van der Waals surface area contributed by atoms with Crippen LogP contribution in [0.2, 0.25) is 0 Å². The minimum Gasteiger partial charge on any atom is -0.466 e. The van der Waals surface area contributed by atoms with Crippen LogP contribution in [0, 0.1) is 0 Å². The molecule has 0 aromatic carbocycles. The van der Waals surface area contributed by atoms with Crippen molar-refractivity contribution in [3.8, 4) is 0 Å². The first kappa shape index (κ1) is 14.5. The van der Waals surface area contributed by atoms with Crippen LogP contribution < -0.4 is 0 Å². The molecule has 0 unspecified atom stereocenters. The van der Waals surface area contributed by atoms with Crippen LogP contribution >= 0.6 is 0 Å². The van der Waals surface area contributed by atoms with Crippen LogP contribution in [0.4, 0.5) is 0 Å². The summed E-state index contributed by atoms with van der Waals surface area (Å²) in [6.45, 7) is 3.19. The molecular formula is C14H26O3. The molecule has 0 amide bonds. The van der Waals surface area contributed by atoms with Gasteiger partial charge in [0.1, 0.15) is 0 Å². The zero-order chi connectivity index (χ0) is 12.3. The Balaban J connectivity index is 1.85. The fourth-order valence-corrected chi connectivity index (χ4v) is 2.26. The molecule has 1 aliphatic carbocycles. The summed E-state index contributed by atoms with van der Waals surface area (Å²) in [5.41, 5.74) is 0. The Labute approximate surface area is 105 Å². The van der Waals surface area contributed by atoms with Crippen molar-refractivity contribution in [3.05, 3.63) is 0 Å². The Morgan fingerprint density at radius 3 is 2.59 bits per heavy atom. The van der Waals surface area contributed by atoms with Gasteiger partial charge in [0.15, 0.2) is 0 Å². The van der Waals surface area contributed by atoms with Gasteiger partial charge >= 0.3 is 5.97 Å². The minimum absolute atomic E-state index is 0.0688. The van der Waals surface area contributed by atoms with E-state index in [0.717, 1.165) is 25.9 Å². The van der Waals surface area contributed by atoms with Gasteiger partial charge in [-0.25, -0.2) is 0 Å². The Morgan fingerprint density at radius 1 is 1.12 bits per heavy atom. The van der Waals surface area contributed by atoms with Crippen molar-refractivity contribution in [3.63, 3.8) is 0 Å². The smallest absolute Gasteiger partial charge is 0.305 e. The number of ether oxygens (including phenoxy) is 2. The standard InChI is InChI=1S/C14H26O3/c1-2-16-14(15)11-7-4-8-12-17-13-9-5-3-6-10-13/h13H,2-12H2,1H3. The van der Waals surface area contributed by atoms with Crippen molar-refractivity contribution >= 4 is 5.97 Å². The molecule has 0 saturated heterocycles. The molecule has 0 radical (unpaired) electrons. The third-order valence-corrected chi connectivity index (χ3v) is 3.24. The van der Waals surface area contributed by atoms with Crippen molar-refractivity contribution in [2.75, 3.05) is 13.2 Å². The molecule has 1 aliphatic rings. The van der Waals surface area contributed by atoms with E-state index in [0.29, 0.717) is 19.1 Å². The highest BCUT2D eigenvalue weighted by atomic mass is 16.5. The van der Waals surface area contributed by atoms with Gasteiger partial charge in [-0.2, -0.15) is 0 Å². The maximum absolute atomic E-state index is 11.1. The number of carbonyl (C=O) groups excluding carboxylic acids is 1. The maximum atomic E-state index is 11.1. The summed E-state index contributed by atoms with van der Waals surface area (Å²) in [6.07, 6.45) is 10.6. The van der Waals surface area contributed by atoms with Crippen LogP contribution in [0.1, 0.15) is 64.7 Å².